The third kappa shape index (κ3) is 4.00. The summed E-state index contributed by atoms with van der Waals surface area (Å²) in [6.45, 7) is 0.328. The molecule has 2 amide bonds. The number of carboxylic acid groups (broad SMARTS) is 1. The summed E-state index contributed by atoms with van der Waals surface area (Å²) in [5.74, 6) is -2.09. The maximum atomic E-state index is 13.0. The number of thiophene rings is 1. The van der Waals surface area contributed by atoms with E-state index >= 15 is 0 Å². The standard InChI is InChI=1S/C21H18N6O6S2/c1-32-25-15(11-7-14(22)33-24-11)18(28)23-16-19(29)27-17(21(30)31)10(9-35-20(16)27)8-26-5-2-3-13-12(26)4-6-34-13/h2-7,16,20H,8-9H2,1H3,(H3-,22,23,24,28,30,31)/p+1/b25-15+. The zero-order chi connectivity index (χ0) is 24.7. The van der Waals surface area contributed by atoms with E-state index in [2.05, 4.69) is 15.6 Å². The molecule has 1 fully saturated rings. The number of hydrogen-bond acceptors (Lipinski definition) is 10. The van der Waals surface area contributed by atoms with Gasteiger partial charge in [0.1, 0.15) is 29.9 Å². The summed E-state index contributed by atoms with van der Waals surface area (Å²) < 4.78 is 7.82. The lowest BCUT2D eigenvalue weighted by Crippen LogP contribution is -2.71. The van der Waals surface area contributed by atoms with Gasteiger partial charge in [-0.05, 0) is 11.4 Å². The SMILES string of the molecule is CO/N=C(/C(=O)NC1C(=O)N2C(C(=O)O)=C(C[n+]3cccc4sccc43)CSC12)c1cc(N)on1. The summed E-state index contributed by atoms with van der Waals surface area (Å²) in [6, 6.07) is 6.23. The predicted molar refractivity (Wildman–Crippen MR) is 126 cm³/mol. The van der Waals surface area contributed by atoms with E-state index < -0.39 is 29.2 Å². The Hall–Kier alpha value is -3.91. The van der Waals surface area contributed by atoms with Crippen LogP contribution in [-0.2, 0) is 25.8 Å². The molecule has 35 heavy (non-hydrogen) atoms. The Labute approximate surface area is 206 Å². The monoisotopic (exact) mass is 515 g/mol. The number of β-lactam (4-membered cyclic amide) rings is 1. The number of fused-ring (bicyclic) bond motifs is 2. The Balaban J connectivity index is 1.38. The van der Waals surface area contributed by atoms with E-state index in [1.807, 2.05) is 34.3 Å². The van der Waals surface area contributed by atoms with Crippen molar-refractivity contribution in [3.05, 3.63) is 52.8 Å². The minimum absolute atomic E-state index is 0.0230. The lowest BCUT2D eigenvalue weighted by molar-refractivity contribution is -0.663. The Morgan fingerprint density at radius 3 is 3.00 bits per heavy atom. The first-order valence-corrected chi connectivity index (χ1v) is 12.2. The topological polar surface area (TPSA) is 164 Å². The molecule has 2 unspecified atom stereocenters. The molecule has 5 rings (SSSR count). The highest BCUT2D eigenvalue weighted by atomic mass is 32.2. The van der Waals surface area contributed by atoms with E-state index in [1.165, 1.54) is 29.8 Å². The zero-order valence-electron chi connectivity index (χ0n) is 18.2. The molecular weight excluding hydrogens is 496 g/mol. The fourth-order valence-corrected chi connectivity index (χ4v) is 6.19. The molecule has 14 heteroatoms. The average molecular weight is 516 g/mol. The van der Waals surface area contributed by atoms with Gasteiger partial charge in [-0.2, -0.15) is 4.57 Å². The Morgan fingerprint density at radius 2 is 2.29 bits per heavy atom. The number of carboxylic acids is 1. The highest BCUT2D eigenvalue weighted by molar-refractivity contribution is 8.00. The van der Waals surface area contributed by atoms with Gasteiger partial charge in [0.05, 0.1) is 4.70 Å². The summed E-state index contributed by atoms with van der Waals surface area (Å²) in [5, 5.41) is 21.3. The number of amides is 2. The Kier molecular flexibility index (Phi) is 5.90. The fraction of sp³-hybridized carbons (Fsp3) is 0.238. The maximum absolute atomic E-state index is 13.0. The molecular formula is C21H19N6O6S2+. The van der Waals surface area contributed by atoms with Gasteiger partial charge in [0.25, 0.3) is 11.8 Å². The first kappa shape index (κ1) is 22.9. The second-order valence-corrected chi connectivity index (χ2v) is 9.71. The van der Waals surface area contributed by atoms with E-state index in [0.717, 1.165) is 10.2 Å². The molecule has 0 radical (unpaired) electrons. The highest BCUT2D eigenvalue weighted by Crippen LogP contribution is 2.40. The Morgan fingerprint density at radius 1 is 1.46 bits per heavy atom. The van der Waals surface area contributed by atoms with Crippen LogP contribution in [0.15, 0.2) is 56.8 Å². The third-order valence-corrected chi connectivity index (χ3v) is 7.77. The van der Waals surface area contributed by atoms with Gasteiger partial charge >= 0.3 is 5.97 Å². The number of aliphatic carboxylic acids is 1. The van der Waals surface area contributed by atoms with E-state index in [0.29, 0.717) is 17.9 Å². The van der Waals surface area contributed by atoms with Crippen molar-refractivity contribution in [1.29, 1.82) is 0 Å². The molecule has 0 saturated carbocycles. The van der Waals surface area contributed by atoms with Crippen molar-refractivity contribution in [2.24, 2.45) is 5.16 Å². The zero-order valence-corrected chi connectivity index (χ0v) is 19.8. The minimum atomic E-state index is -1.19. The van der Waals surface area contributed by atoms with Crippen molar-refractivity contribution in [3.8, 4) is 0 Å². The van der Waals surface area contributed by atoms with Crippen LogP contribution in [-0.4, -0.2) is 62.9 Å². The largest absolute Gasteiger partial charge is 0.477 e. The lowest BCUT2D eigenvalue weighted by atomic mass is 10.0. The van der Waals surface area contributed by atoms with Gasteiger partial charge in [0.2, 0.25) is 11.4 Å². The molecule has 2 aliphatic heterocycles. The van der Waals surface area contributed by atoms with E-state index in [-0.39, 0.29) is 23.0 Å². The smallest absolute Gasteiger partial charge is 0.352 e. The summed E-state index contributed by atoms with van der Waals surface area (Å²) in [7, 11) is 1.25. The van der Waals surface area contributed by atoms with Crippen LogP contribution in [0, 0.1) is 0 Å². The number of nitrogen functional groups attached to an aromatic ring is 1. The van der Waals surface area contributed by atoms with Crippen LogP contribution in [0.3, 0.4) is 0 Å². The molecule has 0 bridgehead atoms. The number of nitrogens with two attached hydrogens (primary N) is 1. The molecule has 0 spiro atoms. The second-order valence-electron chi connectivity index (χ2n) is 7.66. The number of hydrogen-bond donors (Lipinski definition) is 3. The maximum Gasteiger partial charge on any atom is 0.352 e. The van der Waals surface area contributed by atoms with E-state index in [1.54, 1.807) is 11.3 Å². The van der Waals surface area contributed by atoms with Crippen molar-refractivity contribution in [3.63, 3.8) is 0 Å². The number of nitrogens with one attached hydrogen (secondary N) is 1. The minimum Gasteiger partial charge on any atom is -0.477 e. The first-order chi connectivity index (χ1) is 16.9. The van der Waals surface area contributed by atoms with Crippen LogP contribution < -0.4 is 15.6 Å². The van der Waals surface area contributed by atoms with Crippen molar-refractivity contribution < 1.29 is 33.4 Å². The number of aromatic nitrogens is 2. The van der Waals surface area contributed by atoms with Crippen molar-refractivity contribution in [2.75, 3.05) is 18.6 Å². The molecule has 2 aliphatic rings. The Bertz CT molecular complexity index is 1410. The summed E-state index contributed by atoms with van der Waals surface area (Å²) in [6.07, 6.45) is 1.88. The normalized spacial score (nSPS) is 20.0. The predicted octanol–water partition coefficient (Wildman–Crippen LogP) is 0.548. The van der Waals surface area contributed by atoms with Crippen LogP contribution >= 0.6 is 23.1 Å². The van der Waals surface area contributed by atoms with E-state index in [9.17, 15) is 19.5 Å². The van der Waals surface area contributed by atoms with Crippen molar-refractivity contribution >= 4 is 62.7 Å². The number of carbonyl (C=O) groups excluding carboxylic acids is 2. The number of oxime groups is 1. The third-order valence-electron chi connectivity index (χ3n) is 5.56. The molecule has 12 nitrogen and oxygen atoms in total. The van der Waals surface area contributed by atoms with Gasteiger partial charge in [0, 0.05) is 29.5 Å². The van der Waals surface area contributed by atoms with Gasteiger partial charge in [-0.15, -0.1) is 23.1 Å². The highest BCUT2D eigenvalue weighted by Gasteiger charge is 2.54. The van der Waals surface area contributed by atoms with Gasteiger partial charge in [-0.3, -0.25) is 14.5 Å². The number of thioether (sulfide) groups is 1. The molecule has 0 aliphatic carbocycles. The molecule has 4 N–H and O–H groups in total. The molecule has 3 aromatic rings. The number of anilines is 1. The van der Waals surface area contributed by atoms with Crippen LogP contribution in [0.5, 0.6) is 0 Å². The van der Waals surface area contributed by atoms with Crippen molar-refractivity contribution in [2.45, 2.75) is 18.0 Å². The molecule has 3 aromatic heterocycles. The summed E-state index contributed by atoms with van der Waals surface area (Å²) >= 11 is 2.98. The van der Waals surface area contributed by atoms with E-state index in [4.69, 9.17) is 15.1 Å². The fourth-order valence-electron chi connectivity index (χ4n) is 4.05. The molecule has 0 aromatic carbocycles. The number of rotatable bonds is 7. The summed E-state index contributed by atoms with van der Waals surface area (Å²) in [4.78, 5) is 44.0. The van der Waals surface area contributed by atoms with Crippen LogP contribution in [0.25, 0.3) is 10.2 Å². The number of nitrogens with zero attached hydrogens (tertiary/aromatic N) is 4. The first-order valence-electron chi connectivity index (χ1n) is 10.3. The van der Waals surface area contributed by atoms with Gasteiger partial charge in [-0.1, -0.05) is 10.3 Å². The van der Waals surface area contributed by atoms with Crippen LogP contribution in [0.4, 0.5) is 5.88 Å². The summed E-state index contributed by atoms with van der Waals surface area (Å²) in [5.41, 5.74) is 6.87. The second kappa shape index (κ2) is 9.03. The van der Waals surface area contributed by atoms with Crippen molar-refractivity contribution in [1.82, 2.24) is 15.4 Å². The number of pyridine rings is 1. The lowest BCUT2D eigenvalue weighted by Gasteiger charge is -2.49. The van der Waals surface area contributed by atoms with Gasteiger partial charge in [-0.25, -0.2) is 4.79 Å². The van der Waals surface area contributed by atoms with Crippen LogP contribution in [0.1, 0.15) is 5.69 Å². The molecule has 5 heterocycles. The van der Waals surface area contributed by atoms with Gasteiger partial charge in [0.15, 0.2) is 18.5 Å². The molecule has 180 valence electrons. The average Bonchev–Trinajstić information content (AvgIpc) is 3.49. The van der Waals surface area contributed by atoms with Crippen LogP contribution in [0.2, 0.25) is 0 Å². The van der Waals surface area contributed by atoms with Gasteiger partial charge < -0.3 is 25.5 Å². The molecule has 2 atom stereocenters. The quantitative estimate of drug-likeness (QED) is 0.176. The molecule has 1 saturated heterocycles. The number of carbonyl (C=O) groups is 3.